The fourth-order valence-corrected chi connectivity index (χ4v) is 8.99. The Morgan fingerprint density at radius 2 is 1.47 bits per heavy atom. The van der Waals surface area contributed by atoms with Gasteiger partial charge in [0.25, 0.3) is 0 Å². The zero-order chi connectivity index (χ0) is 42.4. The number of amides is 4. The van der Waals surface area contributed by atoms with E-state index in [2.05, 4.69) is 40.2 Å². The number of nitrogens with one attached hydrogen (secondary N) is 3. The summed E-state index contributed by atoms with van der Waals surface area (Å²) in [5.74, 6) is -1.30. The quantitative estimate of drug-likeness (QED) is 0.193. The molecule has 5 aromatic carbocycles. The van der Waals surface area contributed by atoms with Gasteiger partial charge in [0.15, 0.2) is 9.84 Å². The third kappa shape index (κ3) is 10.6. The maximum Gasteiger partial charge on any atom is 0.250 e. The van der Waals surface area contributed by atoms with E-state index in [1.54, 1.807) is 36.2 Å². The van der Waals surface area contributed by atoms with Crippen LogP contribution in [0.2, 0.25) is 5.02 Å². The van der Waals surface area contributed by atoms with E-state index in [4.69, 9.17) is 11.6 Å². The van der Waals surface area contributed by atoms with E-state index in [1.165, 1.54) is 4.90 Å². The molecule has 5 aromatic rings. The summed E-state index contributed by atoms with van der Waals surface area (Å²) in [6.45, 7) is 0.618. The molecular formula is C47H50ClN5O6S. The molecule has 3 N–H and O–H groups in total. The monoisotopic (exact) mass is 847 g/mol. The number of sulfone groups is 1. The van der Waals surface area contributed by atoms with Gasteiger partial charge in [-0.05, 0) is 108 Å². The molecule has 13 heteroatoms. The van der Waals surface area contributed by atoms with Crippen LogP contribution in [0.15, 0.2) is 114 Å². The van der Waals surface area contributed by atoms with Crippen LogP contribution >= 0.6 is 11.6 Å². The summed E-state index contributed by atoms with van der Waals surface area (Å²) in [5, 5.41) is 12.3. The van der Waals surface area contributed by atoms with Crippen molar-refractivity contribution >= 4 is 61.5 Å². The van der Waals surface area contributed by atoms with E-state index in [1.807, 2.05) is 60.7 Å². The second-order valence-electron chi connectivity index (χ2n) is 15.9. The topological polar surface area (TPSA) is 145 Å². The highest BCUT2D eigenvalue weighted by Crippen LogP contribution is 2.32. The highest BCUT2D eigenvalue weighted by Gasteiger charge is 2.34. The average Bonchev–Trinajstić information content (AvgIpc) is 3.34. The molecule has 11 nitrogen and oxygen atoms in total. The Labute approximate surface area is 356 Å². The smallest absolute Gasteiger partial charge is 0.250 e. The Balaban J connectivity index is 1.15. The van der Waals surface area contributed by atoms with Gasteiger partial charge in [-0.25, -0.2) is 8.42 Å². The van der Waals surface area contributed by atoms with Gasteiger partial charge in [-0.3, -0.25) is 19.2 Å². The molecule has 0 spiro atoms. The van der Waals surface area contributed by atoms with Crippen LogP contribution < -0.4 is 20.9 Å². The van der Waals surface area contributed by atoms with Crippen LogP contribution in [-0.2, 0) is 48.3 Å². The summed E-state index contributed by atoms with van der Waals surface area (Å²) in [6, 6.07) is 32.2. The molecular weight excluding hydrogens is 798 g/mol. The number of para-hydroxylation sites is 1. The second kappa shape index (κ2) is 18.8. The van der Waals surface area contributed by atoms with Crippen LogP contribution in [-0.4, -0.2) is 88.0 Å². The lowest BCUT2D eigenvalue weighted by Crippen LogP contribution is -2.52. The van der Waals surface area contributed by atoms with Gasteiger partial charge >= 0.3 is 0 Å². The first-order chi connectivity index (χ1) is 28.8. The lowest BCUT2D eigenvalue weighted by molar-refractivity contribution is -0.131. The SMILES string of the molecule is CN1CCCN[C@@H](Cc2ccc(S(C)(=O)=O)cc2)CC(=O)N[C@H]2CCc3ccccc3N(CC(=O)N[C@H](Cc3ccc(Cl)c(-c4ccc5ccccc5c4)c3)CC1=O)C2=O. The molecule has 0 saturated carbocycles. The number of rotatable bonds is 6. The Bertz CT molecular complexity index is 2510. The van der Waals surface area contributed by atoms with Crippen molar-refractivity contribution in [3.63, 3.8) is 0 Å². The molecule has 0 aromatic heterocycles. The maximum atomic E-state index is 14.3. The van der Waals surface area contributed by atoms with Gasteiger partial charge in [0, 0.05) is 61.0 Å². The number of aryl methyl sites for hydroxylation is 1. The van der Waals surface area contributed by atoms with E-state index < -0.39 is 33.7 Å². The van der Waals surface area contributed by atoms with Crippen molar-refractivity contribution in [1.29, 1.82) is 0 Å². The molecule has 0 unspecified atom stereocenters. The van der Waals surface area contributed by atoms with Crippen molar-refractivity contribution in [2.24, 2.45) is 0 Å². The van der Waals surface area contributed by atoms with Crippen LogP contribution in [0, 0.1) is 0 Å². The van der Waals surface area contributed by atoms with Crippen LogP contribution in [0.5, 0.6) is 0 Å². The fraction of sp³-hybridized carbons (Fsp3) is 0.319. The zero-order valence-electron chi connectivity index (χ0n) is 33.8. The molecule has 1 saturated heterocycles. The first-order valence-electron chi connectivity index (χ1n) is 20.3. The van der Waals surface area contributed by atoms with Gasteiger partial charge < -0.3 is 25.8 Å². The average molecular weight is 848 g/mol. The van der Waals surface area contributed by atoms with Crippen molar-refractivity contribution in [3.05, 3.63) is 131 Å². The zero-order valence-corrected chi connectivity index (χ0v) is 35.4. The minimum atomic E-state index is -3.37. The minimum absolute atomic E-state index is 0.0267. The van der Waals surface area contributed by atoms with Gasteiger partial charge in [0.05, 0.1) is 4.90 Å². The maximum absolute atomic E-state index is 14.3. The van der Waals surface area contributed by atoms with Crippen molar-refractivity contribution in [2.75, 3.05) is 37.8 Å². The van der Waals surface area contributed by atoms with Gasteiger partial charge in [0.2, 0.25) is 23.6 Å². The predicted octanol–water partition coefficient (Wildman–Crippen LogP) is 5.90. The van der Waals surface area contributed by atoms with E-state index in [-0.39, 0.29) is 42.1 Å². The third-order valence-corrected chi connectivity index (χ3v) is 12.8. The summed E-state index contributed by atoms with van der Waals surface area (Å²) in [5.41, 5.74) is 5.00. The number of nitrogens with zero attached hydrogens (tertiary/aromatic N) is 2. The standard InChI is InChI=1S/C47H50ClN5O6S/c1-52-23-7-22-49-37(24-31-12-18-39(19-13-31)60(2,58)59)28-44(54)51-42-21-17-34-9-5-6-11-43(34)53(47(42)57)30-45(55)50-38(29-46(52)56)25-32-14-20-41(48)40(26-32)36-16-15-33-8-3-4-10-35(33)27-36/h3-6,8-16,18-20,26-27,37-38,42,49H,7,17,21-25,28-30H2,1-2H3,(H,50,55)(H,51,54)/t37-,38+,42-/m0/s1. The number of fused-ring (bicyclic) bond motifs is 5. The van der Waals surface area contributed by atoms with E-state index in [0.717, 1.165) is 44.8 Å². The number of carbonyl (C=O) groups is 4. The Morgan fingerprint density at radius 3 is 2.25 bits per heavy atom. The van der Waals surface area contributed by atoms with E-state index in [9.17, 15) is 27.6 Å². The molecule has 2 bridgehead atoms. The number of hydrogen-bond acceptors (Lipinski definition) is 7. The Hall–Kier alpha value is -5.56. The van der Waals surface area contributed by atoms with Crippen LogP contribution in [0.1, 0.15) is 42.4 Å². The van der Waals surface area contributed by atoms with Crippen molar-refractivity contribution < 1.29 is 27.6 Å². The fourth-order valence-electron chi connectivity index (χ4n) is 8.13. The van der Waals surface area contributed by atoms with Crippen molar-refractivity contribution in [1.82, 2.24) is 20.9 Å². The van der Waals surface area contributed by atoms with Crippen molar-refractivity contribution in [3.8, 4) is 11.1 Å². The molecule has 3 atom stereocenters. The summed E-state index contributed by atoms with van der Waals surface area (Å²) in [7, 11) is -1.63. The van der Waals surface area contributed by atoms with Crippen LogP contribution in [0.25, 0.3) is 21.9 Å². The third-order valence-electron chi connectivity index (χ3n) is 11.3. The number of carbonyl (C=O) groups excluding carboxylic acids is 4. The largest absolute Gasteiger partial charge is 0.351 e. The minimum Gasteiger partial charge on any atom is -0.351 e. The number of hydrogen-bond donors (Lipinski definition) is 3. The molecule has 0 radical (unpaired) electrons. The van der Waals surface area contributed by atoms with E-state index >= 15 is 0 Å². The number of anilines is 1. The Morgan fingerprint density at radius 1 is 0.750 bits per heavy atom. The molecule has 2 aliphatic rings. The molecule has 0 aliphatic carbocycles. The first kappa shape index (κ1) is 42.6. The molecule has 2 heterocycles. The number of halogens is 1. The summed E-state index contributed by atoms with van der Waals surface area (Å²) < 4.78 is 24.1. The first-order valence-corrected chi connectivity index (χ1v) is 22.6. The predicted molar refractivity (Wildman–Crippen MR) is 236 cm³/mol. The molecule has 4 amide bonds. The normalized spacial score (nSPS) is 20.1. The molecule has 7 rings (SSSR count). The van der Waals surface area contributed by atoms with Crippen LogP contribution in [0.3, 0.4) is 0 Å². The molecule has 2 aliphatic heterocycles. The van der Waals surface area contributed by atoms with Gasteiger partial charge in [-0.2, -0.15) is 0 Å². The van der Waals surface area contributed by atoms with Gasteiger partial charge in [-0.1, -0.05) is 84.4 Å². The van der Waals surface area contributed by atoms with Gasteiger partial charge in [-0.15, -0.1) is 0 Å². The number of benzene rings is 5. The highest BCUT2D eigenvalue weighted by molar-refractivity contribution is 7.90. The molecule has 312 valence electrons. The second-order valence-corrected chi connectivity index (χ2v) is 18.3. The van der Waals surface area contributed by atoms with Gasteiger partial charge in [0.1, 0.15) is 12.6 Å². The van der Waals surface area contributed by atoms with Crippen LogP contribution in [0.4, 0.5) is 5.69 Å². The summed E-state index contributed by atoms with van der Waals surface area (Å²) in [4.78, 5) is 59.3. The summed E-state index contributed by atoms with van der Waals surface area (Å²) >= 11 is 6.76. The molecule has 60 heavy (non-hydrogen) atoms. The molecule has 1 fully saturated rings. The summed E-state index contributed by atoms with van der Waals surface area (Å²) in [6.07, 6.45) is 3.45. The van der Waals surface area contributed by atoms with Crippen molar-refractivity contribution in [2.45, 2.75) is 68.0 Å². The highest BCUT2D eigenvalue weighted by atomic mass is 35.5. The lowest BCUT2D eigenvalue weighted by Gasteiger charge is -2.28. The lowest BCUT2D eigenvalue weighted by atomic mass is 9.96. The Kier molecular flexibility index (Phi) is 13.3. The van der Waals surface area contributed by atoms with E-state index in [0.29, 0.717) is 55.9 Å².